The van der Waals surface area contributed by atoms with Crippen molar-refractivity contribution in [1.82, 2.24) is 0 Å². The largest absolute Gasteiger partial charge is 0.573 e. The van der Waals surface area contributed by atoms with Crippen LogP contribution < -0.4 is 4.74 Å². The maximum absolute atomic E-state index is 12.5. The number of ketones is 1. The third kappa shape index (κ3) is 4.65. The van der Waals surface area contributed by atoms with E-state index in [1.165, 1.54) is 25.1 Å². The van der Waals surface area contributed by atoms with Crippen LogP contribution in [0.2, 0.25) is 0 Å². The molecule has 0 amide bonds. The Bertz CT molecular complexity index is 758. The summed E-state index contributed by atoms with van der Waals surface area (Å²) in [6.07, 6.45) is -4.77. The van der Waals surface area contributed by atoms with E-state index in [2.05, 4.69) is 20.7 Å². The Morgan fingerprint density at radius 2 is 1.74 bits per heavy atom. The summed E-state index contributed by atoms with van der Waals surface area (Å²) < 4.78 is 53.0. The number of Topliss-reactive ketones (excluding diaryl/α,β-unsaturated/α-hetero) is 1. The van der Waals surface area contributed by atoms with Crippen LogP contribution in [0.25, 0.3) is 0 Å². The Labute approximate surface area is 141 Å². The number of carbonyl (C=O) groups is 1. The van der Waals surface area contributed by atoms with Gasteiger partial charge in [-0.1, -0.05) is 6.07 Å². The molecule has 0 radical (unpaired) electrons. The predicted octanol–water partition coefficient (Wildman–Crippen LogP) is 4.72. The highest BCUT2D eigenvalue weighted by Crippen LogP contribution is 2.28. The Hall–Kier alpha value is -1.67. The lowest BCUT2D eigenvalue weighted by Gasteiger charge is -2.10. The highest BCUT2D eigenvalue weighted by Gasteiger charge is 2.31. The van der Waals surface area contributed by atoms with E-state index in [4.69, 9.17) is 0 Å². The molecule has 0 fully saturated rings. The third-order valence-corrected chi connectivity index (χ3v) is 5.18. The third-order valence-electron chi connectivity index (χ3n) is 2.81. The molecule has 0 aliphatic rings. The van der Waals surface area contributed by atoms with Crippen molar-refractivity contribution in [3.8, 4) is 5.75 Å². The summed E-state index contributed by atoms with van der Waals surface area (Å²) in [5.41, 5.74) is 0.464. The lowest BCUT2D eigenvalue weighted by Crippen LogP contribution is -2.17. The molecule has 0 saturated heterocycles. The number of benzene rings is 2. The van der Waals surface area contributed by atoms with E-state index >= 15 is 0 Å². The molecule has 1 unspecified atom stereocenters. The summed E-state index contributed by atoms with van der Waals surface area (Å²) in [5.74, 6) is -0.513. The van der Waals surface area contributed by atoms with Crippen LogP contribution >= 0.6 is 15.9 Å². The van der Waals surface area contributed by atoms with Crippen molar-refractivity contribution in [2.24, 2.45) is 0 Å². The van der Waals surface area contributed by atoms with Crippen molar-refractivity contribution in [1.29, 1.82) is 0 Å². The lowest BCUT2D eigenvalue weighted by atomic mass is 10.2. The summed E-state index contributed by atoms with van der Waals surface area (Å²) in [6, 6.07) is 9.41. The van der Waals surface area contributed by atoms with E-state index in [1.807, 2.05) is 0 Å². The lowest BCUT2D eigenvalue weighted by molar-refractivity contribution is -0.274. The molecule has 23 heavy (non-hydrogen) atoms. The number of ether oxygens (including phenoxy) is 1. The second-order valence-electron chi connectivity index (χ2n) is 4.49. The monoisotopic (exact) mass is 406 g/mol. The maximum Gasteiger partial charge on any atom is 0.573 e. The van der Waals surface area contributed by atoms with E-state index in [0.717, 1.165) is 12.1 Å². The zero-order chi connectivity index (χ0) is 17.2. The molecular weight excluding hydrogens is 397 g/mol. The second kappa shape index (κ2) is 6.84. The van der Waals surface area contributed by atoms with Gasteiger partial charge in [0.05, 0.1) is 15.7 Å². The van der Waals surface area contributed by atoms with Crippen LogP contribution in [0.4, 0.5) is 13.2 Å². The highest BCUT2D eigenvalue weighted by atomic mass is 79.9. The molecule has 0 heterocycles. The standard InChI is InChI=1S/C15H10BrF3O3S/c1-9(20)10-2-7-14(13(16)8-10)23(21)12-5-3-11(4-6-12)22-15(17,18)19/h2-8H,1H3. The minimum absolute atomic E-state index is 0.128. The first-order chi connectivity index (χ1) is 10.7. The fourth-order valence-electron chi connectivity index (χ4n) is 1.76. The van der Waals surface area contributed by atoms with Gasteiger partial charge in [-0.2, -0.15) is 0 Å². The van der Waals surface area contributed by atoms with Gasteiger partial charge in [0.15, 0.2) is 5.78 Å². The van der Waals surface area contributed by atoms with E-state index in [0.29, 0.717) is 19.8 Å². The highest BCUT2D eigenvalue weighted by molar-refractivity contribution is 9.10. The fourth-order valence-corrected chi connectivity index (χ4v) is 3.65. The predicted molar refractivity (Wildman–Crippen MR) is 81.9 cm³/mol. The Morgan fingerprint density at radius 3 is 2.22 bits per heavy atom. The van der Waals surface area contributed by atoms with Gasteiger partial charge >= 0.3 is 6.36 Å². The SMILES string of the molecule is CC(=O)c1ccc(S(=O)c2ccc(OC(F)(F)F)cc2)c(Br)c1. The quantitative estimate of drug-likeness (QED) is 0.690. The molecule has 2 aromatic rings. The van der Waals surface area contributed by atoms with Gasteiger partial charge < -0.3 is 4.74 Å². The maximum atomic E-state index is 12.5. The summed E-state index contributed by atoms with van der Waals surface area (Å²) in [7, 11) is -1.61. The minimum atomic E-state index is -4.77. The molecule has 1 atom stereocenters. The first kappa shape index (κ1) is 17.7. The molecule has 2 rings (SSSR count). The fraction of sp³-hybridized carbons (Fsp3) is 0.133. The van der Waals surface area contributed by atoms with Gasteiger partial charge in [-0.3, -0.25) is 4.79 Å². The molecule has 122 valence electrons. The molecule has 0 N–H and O–H groups in total. The molecule has 0 aromatic heterocycles. The molecule has 3 nitrogen and oxygen atoms in total. The topological polar surface area (TPSA) is 43.4 Å². The van der Waals surface area contributed by atoms with Gasteiger partial charge in [-0.25, -0.2) is 4.21 Å². The summed E-state index contributed by atoms with van der Waals surface area (Å²) in [5, 5.41) is 0. The van der Waals surface area contributed by atoms with Crippen LogP contribution in [-0.4, -0.2) is 16.4 Å². The number of carbonyl (C=O) groups excluding carboxylic acids is 1. The Morgan fingerprint density at radius 1 is 1.13 bits per heavy atom. The van der Waals surface area contributed by atoms with E-state index in [-0.39, 0.29) is 11.5 Å². The van der Waals surface area contributed by atoms with Crippen LogP contribution in [0.3, 0.4) is 0 Å². The molecular formula is C15H10BrF3O3S. The minimum Gasteiger partial charge on any atom is -0.406 e. The molecule has 2 aromatic carbocycles. The van der Waals surface area contributed by atoms with Gasteiger partial charge in [0, 0.05) is 14.9 Å². The van der Waals surface area contributed by atoms with Crippen LogP contribution in [0.1, 0.15) is 17.3 Å². The van der Waals surface area contributed by atoms with Crippen molar-refractivity contribution in [2.45, 2.75) is 23.1 Å². The summed E-state index contributed by atoms with van der Waals surface area (Å²) in [4.78, 5) is 12.0. The van der Waals surface area contributed by atoms with Crippen molar-refractivity contribution < 1.29 is 26.9 Å². The normalized spacial score (nSPS) is 12.7. The molecule has 8 heteroatoms. The zero-order valence-electron chi connectivity index (χ0n) is 11.7. The van der Waals surface area contributed by atoms with Crippen molar-refractivity contribution in [3.05, 3.63) is 52.5 Å². The molecule has 0 spiro atoms. The molecule has 0 aliphatic heterocycles. The Balaban J connectivity index is 2.25. The number of rotatable bonds is 4. The zero-order valence-corrected chi connectivity index (χ0v) is 14.1. The van der Waals surface area contributed by atoms with Crippen LogP contribution in [0.5, 0.6) is 5.75 Å². The van der Waals surface area contributed by atoms with Crippen molar-refractivity contribution >= 4 is 32.5 Å². The van der Waals surface area contributed by atoms with Gasteiger partial charge in [0.1, 0.15) is 5.75 Å². The second-order valence-corrected chi connectivity index (χ2v) is 6.79. The van der Waals surface area contributed by atoms with E-state index < -0.39 is 17.2 Å². The van der Waals surface area contributed by atoms with E-state index in [9.17, 15) is 22.2 Å². The van der Waals surface area contributed by atoms with Gasteiger partial charge in [-0.05, 0) is 59.3 Å². The average molecular weight is 407 g/mol. The first-order valence-corrected chi connectivity index (χ1v) is 8.20. The number of hydrogen-bond acceptors (Lipinski definition) is 3. The summed E-state index contributed by atoms with van der Waals surface area (Å²) >= 11 is 3.25. The Kier molecular flexibility index (Phi) is 5.26. The number of hydrogen-bond donors (Lipinski definition) is 0. The molecule has 0 aliphatic carbocycles. The van der Waals surface area contributed by atoms with Crippen LogP contribution in [-0.2, 0) is 10.8 Å². The molecule has 0 saturated carbocycles. The van der Waals surface area contributed by atoms with Gasteiger partial charge in [-0.15, -0.1) is 13.2 Å². The smallest absolute Gasteiger partial charge is 0.406 e. The average Bonchev–Trinajstić information content (AvgIpc) is 2.45. The van der Waals surface area contributed by atoms with Gasteiger partial charge in [0.2, 0.25) is 0 Å². The van der Waals surface area contributed by atoms with Gasteiger partial charge in [0.25, 0.3) is 0 Å². The molecule has 0 bridgehead atoms. The number of halogens is 4. The van der Waals surface area contributed by atoms with Crippen molar-refractivity contribution in [2.75, 3.05) is 0 Å². The van der Waals surface area contributed by atoms with E-state index in [1.54, 1.807) is 12.1 Å². The van der Waals surface area contributed by atoms with Crippen LogP contribution in [0, 0.1) is 0 Å². The first-order valence-electron chi connectivity index (χ1n) is 6.25. The van der Waals surface area contributed by atoms with Crippen molar-refractivity contribution in [3.63, 3.8) is 0 Å². The van der Waals surface area contributed by atoms with Crippen LogP contribution in [0.15, 0.2) is 56.7 Å². The number of alkyl halides is 3. The summed E-state index contributed by atoms with van der Waals surface area (Å²) in [6.45, 7) is 1.41.